The van der Waals surface area contributed by atoms with E-state index in [1.165, 1.54) is 0 Å². The summed E-state index contributed by atoms with van der Waals surface area (Å²) < 4.78 is 37.5. The van der Waals surface area contributed by atoms with Crippen LogP contribution in [-0.4, -0.2) is 73.3 Å². The summed E-state index contributed by atoms with van der Waals surface area (Å²) in [7, 11) is 0. The molecule has 1 aromatic rings. The molecule has 2 amide bonds. The van der Waals surface area contributed by atoms with Gasteiger partial charge in [0.2, 0.25) is 5.91 Å². The smallest absolute Gasteiger partial charge is 0.489 e. The number of fused-ring (bicyclic) bond motifs is 1. The Kier molecular flexibility index (Phi) is 9.48. The van der Waals surface area contributed by atoms with Crippen LogP contribution in [0.2, 0.25) is 0 Å². The van der Waals surface area contributed by atoms with Gasteiger partial charge in [-0.05, 0) is 24.5 Å². The maximum atomic E-state index is 13.2. The second-order valence-electron chi connectivity index (χ2n) is 8.57. The van der Waals surface area contributed by atoms with Crippen LogP contribution in [-0.2, 0) is 9.59 Å². The van der Waals surface area contributed by atoms with Crippen LogP contribution in [0.15, 0.2) is 36.4 Å². The Morgan fingerprint density at radius 1 is 1.21 bits per heavy atom. The lowest BCUT2D eigenvalue weighted by molar-refractivity contribution is -0.192. The van der Waals surface area contributed by atoms with Crippen LogP contribution >= 0.6 is 0 Å². The van der Waals surface area contributed by atoms with E-state index in [0.717, 1.165) is 0 Å². The van der Waals surface area contributed by atoms with E-state index in [9.17, 15) is 22.8 Å². The first-order chi connectivity index (χ1) is 16.0. The fourth-order valence-electron chi connectivity index (χ4n) is 3.56. The van der Waals surface area contributed by atoms with Crippen LogP contribution in [0.3, 0.4) is 0 Å². The normalized spacial score (nSPS) is 19.5. The van der Waals surface area contributed by atoms with Gasteiger partial charge >= 0.3 is 12.1 Å². The van der Waals surface area contributed by atoms with Gasteiger partial charge in [0.05, 0.1) is 11.0 Å². The Balaban J connectivity index is 0.000000509. The second kappa shape index (κ2) is 11.9. The van der Waals surface area contributed by atoms with Gasteiger partial charge in [-0.25, -0.2) is 4.79 Å². The Labute approximate surface area is 196 Å². The van der Waals surface area contributed by atoms with E-state index < -0.39 is 12.1 Å². The molecule has 0 saturated carbocycles. The standard InChI is InChI=1S/C21H29N3O3.C2HF3O2/c1-16(2)13-24-11-10-23-19(25)17-7-3-4-8-18(17)27-12-6-5-9-21(20(24)26)14-22-15-21;3-2(4,5)1(6)7/h3-8,16,22H,9-15H2,1-2H3,(H,23,25);(H,6,7)/b6-5-;. The molecule has 11 heteroatoms. The zero-order valence-corrected chi connectivity index (χ0v) is 19.2. The van der Waals surface area contributed by atoms with Crippen molar-refractivity contribution in [2.24, 2.45) is 11.3 Å². The van der Waals surface area contributed by atoms with Gasteiger partial charge in [0.15, 0.2) is 0 Å². The van der Waals surface area contributed by atoms with Crippen LogP contribution in [0.4, 0.5) is 13.2 Å². The molecule has 2 aliphatic rings. The van der Waals surface area contributed by atoms with Crippen molar-refractivity contribution in [3.8, 4) is 5.75 Å². The van der Waals surface area contributed by atoms with Gasteiger partial charge in [-0.3, -0.25) is 9.59 Å². The third kappa shape index (κ3) is 7.47. The maximum absolute atomic E-state index is 13.2. The number of halogens is 3. The molecule has 2 heterocycles. The molecule has 0 aliphatic carbocycles. The van der Waals surface area contributed by atoms with Crippen molar-refractivity contribution in [3.05, 3.63) is 42.0 Å². The molecular weight excluding hydrogens is 455 g/mol. The molecular formula is C23H30F3N3O5. The van der Waals surface area contributed by atoms with E-state index in [-0.39, 0.29) is 17.2 Å². The van der Waals surface area contributed by atoms with Crippen molar-refractivity contribution >= 4 is 17.8 Å². The van der Waals surface area contributed by atoms with Crippen molar-refractivity contribution in [1.29, 1.82) is 0 Å². The number of allylic oxidation sites excluding steroid dienone is 1. The summed E-state index contributed by atoms with van der Waals surface area (Å²) in [6.07, 6.45) is -0.424. The number of alkyl halides is 3. The minimum atomic E-state index is -5.08. The van der Waals surface area contributed by atoms with Gasteiger partial charge < -0.3 is 25.4 Å². The average molecular weight is 486 g/mol. The number of ether oxygens (including phenoxy) is 1. The molecule has 3 N–H and O–H groups in total. The van der Waals surface area contributed by atoms with Crippen LogP contribution < -0.4 is 15.4 Å². The predicted octanol–water partition coefficient (Wildman–Crippen LogP) is 2.46. The minimum Gasteiger partial charge on any atom is -0.489 e. The van der Waals surface area contributed by atoms with Crippen molar-refractivity contribution in [2.45, 2.75) is 26.4 Å². The van der Waals surface area contributed by atoms with E-state index in [2.05, 4.69) is 24.5 Å². The third-order valence-electron chi connectivity index (χ3n) is 5.30. The van der Waals surface area contributed by atoms with Gasteiger partial charge in [0.1, 0.15) is 12.4 Å². The Morgan fingerprint density at radius 3 is 2.41 bits per heavy atom. The highest BCUT2D eigenvalue weighted by Crippen LogP contribution is 2.31. The molecule has 0 atom stereocenters. The molecule has 0 bridgehead atoms. The van der Waals surface area contributed by atoms with E-state index in [1.807, 2.05) is 29.2 Å². The third-order valence-corrected chi connectivity index (χ3v) is 5.30. The lowest BCUT2D eigenvalue weighted by Crippen LogP contribution is -2.62. The van der Waals surface area contributed by atoms with Crippen molar-refractivity contribution < 1.29 is 37.4 Å². The van der Waals surface area contributed by atoms with Gasteiger partial charge in [-0.1, -0.05) is 38.1 Å². The topological polar surface area (TPSA) is 108 Å². The number of para-hydroxylation sites is 1. The van der Waals surface area contributed by atoms with E-state index in [0.29, 0.717) is 63.0 Å². The molecule has 3 rings (SSSR count). The number of nitrogens with zero attached hydrogens (tertiary/aromatic N) is 1. The van der Waals surface area contributed by atoms with E-state index in [1.54, 1.807) is 12.1 Å². The SMILES string of the molecule is CC(C)CN1CCNC(=O)c2ccccc2OC/C=C\CC2(CNC2)C1=O.O=C(O)C(F)(F)F. The number of aliphatic carboxylic acids is 1. The van der Waals surface area contributed by atoms with Gasteiger partial charge in [0, 0.05) is 32.7 Å². The lowest BCUT2D eigenvalue weighted by Gasteiger charge is -2.44. The summed E-state index contributed by atoms with van der Waals surface area (Å²) >= 11 is 0. The number of carboxylic acids is 1. The largest absolute Gasteiger partial charge is 0.490 e. The monoisotopic (exact) mass is 485 g/mol. The Hall–Kier alpha value is -3.08. The van der Waals surface area contributed by atoms with Gasteiger partial charge in [-0.15, -0.1) is 0 Å². The minimum absolute atomic E-state index is 0.173. The number of rotatable bonds is 2. The summed E-state index contributed by atoms with van der Waals surface area (Å²) in [4.78, 5) is 36.6. The van der Waals surface area contributed by atoms with Gasteiger partial charge in [0.25, 0.3) is 5.91 Å². The summed E-state index contributed by atoms with van der Waals surface area (Å²) in [6, 6.07) is 7.24. The number of carbonyl (C=O) groups is 3. The molecule has 0 unspecified atom stereocenters. The molecule has 1 spiro atoms. The summed E-state index contributed by atoms with van der Waals surface area (Å²) in [5.74, 6) is -1.81. The first kappa shape index (κ1) is 27.2. The maximum Gasteiger partial charge on any atom is 0.490 e. The van der Waals surface area contributed by atoms with Crippen LogP contribution in [0, 0.1) is 11.3 Å². The lowest BCUT2D eigenvalue weighted by atomic mass is 9.77. The van der Waals surface area contributed by atoms with Crippen LogP contribution in [0.1, 0.15) is 30.6 Å². The molecule has 1 saturated heterocycles. The predicted molar refractivity (Wildman–Crippen MR) is 118 cm³/mol. The fraction of sp³-hybridized carbons (Fsp3) is 0.522. The molecule has 34 heavy (non-hydrogen) atoms. The number of carboxylic acid groups (broad SMARTS) is 1. The highest BCUT2D eigenvalue weighted by molar-refractivity contribution is 5.97. The van der Waals surface area contributed by atoms with Crippen LogP contribution in [0.5, 0.6) is 5.75 Å². The van der Waals surface area contributed by atoms with E-state index >= 15 is 0 Å². The number of benzene rings is 1. The number of amides is 2. The molecule has 1 fully saturated rings. The number of hydrogen-bond donors (Lipinski definition) is 3. The quantitative estimate of drug-likeness (QED) is 0.556. The average Bonchev–Trinajstić information content (AvgIpc) is 2.73. The first-order valence-electron chi connectivity index (χ1n) is 10.9. The first-order valence-corrected chi connectivity index (χ1v) is 10.9. The van der Waals surface area contributed by atoms with Crippen molar-refractivity contribution in [3.63, 3.8) is 0 Å². The second-order valence-corrected chi connectivity index (χ2v) is 8.57. The molecule has 1 aromatic carbocycles. The Morgan fingerprint density at radius 2 is 1.85 bits per heavy atom. The van der Waals surface area contributed by atoms with Crippen molar-refractivity contribution in [2.75, 3.05) is 39.3 Å². The number of carbonyl (C=O) groups excluding carboxylic acids is 2. The van der Waals surface area contributed by atoms with Crippen molar-refractivity contribution in [1.82, 2.24) is 15.5 Å². The molecule has 0 radical (unpaired) electrons. The highest BCUT2D eigenvalue weighted by Gasteiger charge is 2.45. The molecule has 8 nitrogen and oxygen atoms in total. The molecule has 0 aromatic heterocycles. The number of nitrogens with one attached hydrogen (secondary N) is 2. The van der Waals surface area contributed by atoms with E-state index in [4.69, 9.17) is 14.6 Å². The Bertz CT molecular complexity index is 898. The summed E-state index contributed by atoms with van der Waals surface area (Å²) in [6.45, 7) is 7.61. The fourth-order valence-corrected chi connectivity index (χ4v) is 3.56. The summed E-state index contributed by atoms with van der Waals surface area (Å²) in [5.41, 5.74) is 0.140. The zero-order chi connectivity index (χ0) is 25.4. The molecule has 188 valence electrons. The zero-order valence-electron chi connectivity index (χ0n) is 19.2. The van der Waals surface area contributed by atoms with Gasteiger partial charge in [-0.2, -0.15) is 13.2 Å². The molecule has 2 aliphatic heterocycles. The summed E-state index contributed by atoms with van der Waals surface area (Å²) in [5, 5.41) is 13.3. The number of hydrogen-bond acceptors (Lipinski definition) is 5. The highest BCUT2D eigenvalue weighted by atomic mass is 19.4. The van der Waals surface area contributed by atoms with Crippen LogP contribution in [0.25, 0.3) is 0 Å².